The minimum atomic E-state index is -1.84. The number of halogens is 1. The zero-order chi connectivity index (χ0) is 79.7. The van der Waals surface area contributed by atoms with Crippen LogP contribution in [0.3, 0.4) is 0 Å². The number of carbonyl (C=O) groups excluding carboxylic acids is 12. The molecule has 0 radical (unpaired) electrons. The number of amides is 11. The summed E-state index contributed by atoms with van der Waals surface area (Å²) in [5, 5.41) is 37.4. The number of aromatic nitrogens is 1. The Bertz CT molecular complexity index is 4240. The van der Waals surface area contributed by atoms with Gasteiger partial charge in [0.05, 0.1) is 46.5 Å². The number of rotatable bonds is 12. The van der Waals surface area contributed by atoms with Crippen LogP contribution in [0.25, 0.3) is 10.9 Å². The number of ether oxygens (including phenoxy) is 2. The first-order valence-corrected chi connectivity index (χ1v) is 38.9. The van der Waals surface area contributed by atoms with E-state index in [-0.39, 0.29) is 116 Å². The van der Waals surface area contributed by atoms with E-state index >= 15 is 33.2 Å². The van der Waals surface area contributed by atoms with Crippen LogP contribution in [0.4, 0.5) is 4.39 Å². The molecule has 11 bridgehead atoms. The molecule has 1 aromatic heterocycles. The van der Waals surface area contributed by atoms with E-state index in [1.807, 2.05) is 41.8 Å². The van der Waals surface area contributed by atoms with Gasteiger partial charge in [-0.15, -0.1) is 0 Å². The second-order valence-electron chi connectivity index (χ2n) is 31.5. The molecule has 111 heavy (non-hydrogen) atoms. The van der Waals surface area contributed by atoms with Gasteiger partial charge < -0.3 is 81.3 Å². The number of quaternary nitrogens is 1. The van der Waals surface area contributed by atoms with Crippen molar-refractivity contribution in [3.05, 3.63) is 141 Å². The predicted molar refractivity (Wildman–Crippen MR) is 409 cm³/mol. The van der Waals surface area contributed by atoms with E-state index in [0.717, 1.165) is 45.5 Å². The fourth-order valence-electron chi connectivity index (χ4n) is 15.2. The highest BCUT2D eigenvalue weighted by Crippen LogP contribution is 2.32. The first kappa shape index (κ1) is 83.5. The van der Waals surface area contributed by atoms with E-state index < -0.39 is 137 Å². The summed E-state index contributed by atoms with van der Waals surface area (Å²) in [6, 6.07) is 12.9. The summed E-state index contributed by atoms with van der Waals surface area (Å²) < 4.78 is 31.1. The maximum atomic E-state index is 16.2. The molecule has 0 spiro atoms. The summed E-state index contributed by atoms with van der Waals surface area (Å²) in [6.07, 6.45) is 1.38. The van der Waals surface area contributed by atoms with Gasteiger partial charge in [0.25, 0.3) is 0 Å². The number of ketones is 1. The lowest BCUT2D eigenvalue weighted by atomic mass is 9.95. The molecule has 10 atom stereocenters. The maximum absolute atomic E-state index is 16.2. The van der Waals surface area contributed by atoms with Crippen LogP contribution in [0.15, 0.2) is 91.1 Å². The molecule has 5 aromatic rings. The van der Waals surface area contributed by atoms with Gasteiger partial charge in [-0.3, -0.25) is 57.5 Å². The highest BCUT2D eigenvalue weighted by Gasteiger charge is 2.50. The molecule has 2 saturated heterocycles. The highest BCUT2D eigenvalue weighted by atomic mass is 19.1. The second-order valence-corrected chi connectivity index (χ2v) is 31.5. The molecule has 6 heterocycles. The van der Waals surface area contributed by atoms with Crippen molar-refractivity contribution < 1.29 is 81.0 Å². The summed E-state index contributed by atoms with van der Waals surface area (Å²) in [6.45, 7) is 7.17. The number of aliphatic hydroxyl groups is 1. The zero-order valence-corrected chi connectivity index (χ0v) is 64.8. The summed E-state index contributed by atoms with van der Waals surface area (Å²) in [5.41, 5.74) is 4.34. The van der Waals surface area contributed by atoms with Gasteiger partial charge in [-0.25, -0.2) is 4.39 Å². The number of hydrogen-bond acceptors (Lipinski definition) is 15. The fraction of sp³-hybridized carbons (Fsp3) is 0.537. The van der Waals surface area contributed by atoms with Crippen molar-refractivity contribution in [3.8, 4) is 0 Å². The Balaban J connectivity index is 1.08. The van der Waals surface area contributed by atoms with Crippen molar-refractivity contribution in [1.29, 1.82) is 0 Å². The van der Waals surface area contributed by atoms with Crippen LogP contribution >= 0.6 is 0 Å². The minimum Gasteiger partial charge on any atom is -0.391 e. The van der Waals surface area contributed by atoms with Crippen LogP contribution in [0, 0.1) is 12.7 Å². The second kappa shape index (κ2) is 38.3. The highest BCUT2D eigenvalue weighted by molar-refractivity contribution is 6.00. The summed E-state index contributed by atoms with van der Waals surface area (Å²) in [7, 11) is 6.23. The van der Waals surface area contributed by atoms with E-state index in [0.29, 0.717) is 77.4 Å². The number of aryl methyl sites for hydroxylation is 2. The molecular weight excluding hydrogens is 1430 g/mol. The van der Waals surface area contributed by atoms with Gasteiger partial charge in [-0.05, 0) is 149 Å². The summed E-state index contributed by atoms with van der Waals surface area (Å²) in [4.78, 5) is 180. The molecule has 10 rings (SSSR count). The molecule has 2 fully saturated rings. The molecular formula is C82H109FN13O15+. The van der Waals surface area contributed by atoms with Gasteiger partial charge in [-0.1, -0.05) is 72.3 Å². The number of carbonyl (C=O) groups is 12. The van der Waals surface area contributed by atoms with Crippen molar-refractivity contribution in [2.45, 2.75) is 223 Å². The van der Waals surface area contributed by atoms with Crippen molar-refractivity contribution in [3.63, 3.8) is 0 Å². The van der Waals surface area contributed by atoms with Crippen molar-refractivity contribution in [2.24, 2.45) is 0 Å². The number of unbranched alkanes of at least 4 members (excludes halogenated alkanes) is 2. The summed E-state index contributed by atoms with van der Waals surface area (Å²) >= 11 is 0. The van der Waals surface area contributed by atoms with Crippen molar-refractivity contribution in [2.75, 3.05) is 60.5 Å². The standard InChI is InChI=1S/C82H108FN13O15/c1-50-18-20-53(21-19-50)41-65-80(108)95-35-14-32-82(95,4)81(109)84-33-30-54-22-23-57-46-86-69(99)28-29-70(100)87-51(2)74(102)88-63(26-25-61(98)17-9-8-11-37-96(5,6)7)75(103)89-64-42-55-15-13-16-56(39-55)45-85-71(101)49-111-68-31-36-94(73(68)78(106)92-72(52(3)97)77(105)91-65)79(107)66(90-76(64)104)43-58-47-93(67-27-24-60(83)44-62(58)67)34-10-12-38-110-48-59(57)40-54/h13,15-16,18-24,27,39-40,44,47,51-52,63-66,68,72-73,97H,8-12,14,17,25-26,28-38,41-43,45-46,48-49H2,1-7H3,(H8-,84,85,86,87,88,89,90,91,92,99,100,101,102,103,104,105,106,109)/p+1/t51-,52+,63+,64-,65-,66-,68-,72-,73-,82-/m0/s1. The van der Waals surface area contributed by atoms with Gasteiger partial charge in [0, 0.05) is 108 Å². The largest absolute Gasteiger partial charge is 0.391 e. The van der Waals surface area contributed by atoms with Crippen LogP contribution in [0.1, 0.15) is 149 Å². The first-order valence-electron chi connectivity index (χ1n) is 38.9. The zero-order valence-electron chi connectivity index (χ0n) is 64.8. The topological polar surface area (TPSA) is 363 Å². The molecule has 0 aliphatic carbocycles. The molecule has 0 saturated carbocycles. The monoisotopic (exact) mass is 1530 g/mol. The SMILES string of the molecule is Cc1ccc(C[C@@H]2NC(=O)[C@H]([C@@H](C)O)NC(=O)[C@@H]3[C@@H]4CCN3C(=O)[C@@H]3Cc5cn(c6ccc(F)cc56)CCCCOCc5cc(ccc5CNC(=O)CCC(=O)N[C@@H](C)C(=O)N[C@H](CCC(=O)CCCCC[N+](C)(C)C)C(=O)N[C@@H](Cc5cccc(c5)CNC(=O)CO4)C(=O)N3)CCNC(=O)[C@]3(C)CCCN3C2=O)cc1. The first-order chi connectivity index (χ1) is 53.0. The number of aliphatic hydroxyl groups excluding tert-OH is 1. The number of benzene rings is 4. The average Bonchev–Trinajstić information content (AvgIpc) is 1.66. The Hall–Kier alpha value is -9.97. The van der Waals surface area contributed by atoms with Crippen molar-refractivity contribution >= 4 is 81.7 Å². The Kier molecular flexibility index (Phi) is 28.8. The molecule has 10 N–H and O–H groups in total. The van der Waals surface area contributed by atoms with Crippen LogP contribution < -0.4 is 47.9 Å². The third-order valence-electron chi connectivity index (χ3n) is 21.6. The van der Waals surface area contributed by atoms with Crippen LogP contribution in [0.5, 0.6) is 0 Å². The van der Waals surface area contributed by atoms with Gasteiger partial charge in [0.1, 0.15) is 66.0 Å². The van der Waals surface area contributed by atoms with Gasteiger partial charge in [0.15, 0.2) is 0 Å². The normalized spacial score (nSPS) is 25.0. The predicted octanol–water partition coefficient (Wildman–Crippen LogP) is 3.12. The lowest BCUT2D eigenvalue weighted by molar-refractivity contribution is -0.870. The fourth-order valence-corrected chi connectivity index (χ4v) is 15.2. The third kappa shape index (κ3) is 22.9. The van der Waals surface area contributed by atoms with Crippen molar-refractivity contribution in [1.82, 2.24) is 62.2 Å². The maximum Gasteiger partial charge on any atom is 0.246 e. The number of nitrogens with zero attached hydrogens (tertiary/aromatic N) is 4. The van der Waals surface area contributed by atoms with E-state index in [1.54, 1.807) is 55.6 Å². The Morgan fingerprint density at radius 3 is 2.17 bits per heavy atom. The molecule has 0 unspecified atom stereocenters. The number of hydrogen-bond donors (Lipinski definition) is 10. The van der Waals surface area contributed by atoms with E-state index in [4.69, 9.17) is 9.47 Å². The van der Waals surface area contributed by atoms with Gasteiger partial charge >= 0.3 is 0 Å². The van der Waals surface area contributed by atoms with E-state index in [9.17, 15) is 33.9 Å². The Morgan fingerprint density at radius 1 is 0.649 bits per heavy atom. The Labute approximate surface area is 647 Å². The summed E-state index contributed by atoms with van der Waals surface area (Å²) in [5.74, 6) is -9.28. The van der Waals surface area contributed by atoms with Crippen LogP contribution in [-0.2, 0) is 119 Å². The van der Waals surface area contributed by atoms with Crippen LogP contribution in [0.2, 0.25) is 0 Å². The molecule has 4 aromatic carbocycles. The van der Waals surface area contributed by atoms with Gasteiger partial charge in [0.2, 0.25) is 65.0 Å². The van der Waals surface area contributed by atoms with Gasteiger partial charge in [-0.2, -0.15) is 0 Å². The number of fused-ring (bicyclic) bond motifs is 12. The number of Topliss-reactive ketones (excluding diaryl/α,β-unsaturated/α-hetero) is 1. The smallest absolute Gasteiger partial charge is 0.246 e. The van der Waals surface area contributed by atoms with Crippen LogP contribution in [-0.4, -0.2) is 215 Å². The molecule has 5 aliphatic heterocycles. The lowest BCUT2D eigenvalue weighted by Gasteiger charge is -2.37. The molecule has 5 aliphatic rings. The molecule has 11 amide bonds. The quantitative estimate of drug-likeness (QED) is 0.0634. The third-order valence-corrected chi connectivity index (χ3v) is 21.6. The minimum absolute atomic E-state index is 0.0387. The molecule has 598 valence electrons. The average molecular weight is 1540 g/mol. The molecule has 29 heteroatoms. The number of nitrogens with one attached hydrogen (secondary N) is 9. The van der Waals surface area contributed by atoms with E-state index in [2.05, 4.69) is 69.0 Å². The lowest BCUT2D eigenvalue weighted by Crippen LogP contribution is -2.64. The van der Waals surface area contributed by atoms with E-state index in [1.165, 1.54) is 30.9 Å². The molecule has 28 nitrogen and oxygen atoms in total. The Morgan fingerprint density at radius 2 is 1.40 bits per heavy atom.